The first-order valence-electron chi connectivity index (χ1n) is 7.97. The van der Waals surface area contributed by atoms with Crippen LogP contribution in [0.4, 0.5) is 18.0 Å². The molecule has 0 aliphatic carbocycles. The van der Waals surface area contributed by atoms with Crippen LogP contribution < -0.4 is 4.74 Å². The number of rotatable bonds is 2. The van der Waals surface area contributed by atoms with Crippen LogP contribution in [0.3, 0.4) is 0 Å². The van der Waals surface area contributed by atoms with Crippen molar-refractivity contribution in [2.45, 2.75) is 51.5 Å². The highest BCUT2D eigenvalue weighted by molar-refractivity contribution is 9.10. The lowest BCUT2D eigenvalue weighted by Crippen LogP contribution is -2.44. The summed E-state index contributed by atoms with van der Waals surface area (Å²) in [5, 5.41) is 0. The van der Waals surface area contributed by atoms with Crippen LogP contribution in [0, 0.1) is 0 Å². The molecule has 0 saturated carbocycles. The molecular weight excluding hydrogens is 403 g/mol. The predicted molar refractivity (Wildman–Crippen MR) is 90.6 cm³/mol. The SMILES string of the molecule is CC(C)(C)OC(=O)N1CCC(Oc2ccc(C(F)(F)F)cc2Br)CC1. The van der Waals surface area contributed by atoms with Crippen molar-refractivity contribution >= 4 is 22.0 Å². The summed E-state index contributed by atoms with van der Waals surface area (Å²) in [6, 6.07) is 3.31. The molecule has 0 aromatic heterocycles. The van der Waals surface area contributed by atoms with Crippen LogP contribution in [0.1, 0.15) is 39.2 Å². The van der Waals surface area contributed by atoms with E-state index >= 15 is 0 Å². The summed E-state index contributed by atoms with van der Waals surface area (Å²) < 4.78 is 49.4. The fourth-order valence-electron chi connectivity index (χ4n) is 2.44. The van der Waals surface area contributed by atoms with Gasteiger partial charge in [-0.25, -0.2) is 4.79 Å². The van der Waals surface area contributed by atoms with Crippen LogP contribution in [0.25, 0.3) is 0 Å². The van der Waals surface area contributed by atoms with Crippen molar-refractivity contribution in [3.8, 4) is 5.75 Å². The number of ether oxygens (including phenoxy) is 2. The fraction of sp³-hybridized carbons (Fsp3) is 0.588. The van der Waals surface area contributed by atoms with E-state index in [1.807, 2.05) is 20.8 Å². The standard InChI is InChI=1S/C17H21BrF3NO3/c1-16(2,3)25-15(23)22-8-6-12(7-9-22)24-14-5-4-11(10-13(14)18)17(19,20)21/h4-5,10,12H,6-9H2,1-3H3. The first-order chi connectivity index (χ1) is 11.5. The zero-order chi connectivity index (χ0) is 18.8. The van der Waals surface area contributed by atoms with Crippen molar-refractivity contribution in [3.05, 3.63) is 28.2 Å². The maximum atomic E-state index is 12.7. The van der Waals surface area contributed by atoms with Crippen molar-refractivity contribution < 1.29 is 27.4 Å². The smallest absolute Gasteiger partial charge is 0.416 e. The Morgan fingerprint density at radius 3 is 2.28 bits per heavy atom. The number of carbonyl (C=O) groups is 1. The van der Waals surface area contributed by atoms with Gasteiger partial charge in [-0.2, -0.15) is 13.2 Å². The summed E-state index contributed by atoms with van der Waals surface area (Å²) in [5.41, 5.74) is -1.28. The van der Waals surface area contributed by atoms with Crippen LogP contribution in [-0.2, 0) is 10.9 Å². The van der Waals surface area contributed by atoms with Gasteiger partial charge in [0.2, 0.25) is 0 Å². The molecule has 0 spiro atoms. The second-order valence-electron chi connectivity index (χ2n) is 6.93. The average molecular weight is 424 g/mol. The van der Waals surface area contributed by atoms with Gasteiger partial charge in [0.05, 0.1) is 10.0 Å². The van der Waals surface area contributed by atoms with Crippen molar-refractivity contribution in [2.75, 3.05) is 13.1 Å². The Balaban J connectivity index is 1.91. The number of nitrogens with zero attached hydrogens (tertiary/aromatic N) is 1. The molecule has 1 aliphatic rings. The Labute approximate surface area is 153 Å². The molecule has 0 N–H and O–H groups in total. The van der Waals surface area contributed by atoms with Crippen molar-refractivity contribution in [1.29, 1.82) is 0 Å². The Hall–Kier alpha value is -1.44. The topological polar surface area (TPSA) is 38.8 Å². The molecule has 25 heavy (non-hydrogen) atoms. The second kappa shape index (κ2) is 7.43. The minimum absolute atomic E-state index is 0.160. The van der Waals surface area contributed by atoms with E-state index in [0.29, 0.717) is 31.7 Å². The van der Waals surface area contributed by atoms with Gasteiger partial charge in [0.15, 0.2) is 0 Å². The van der Waals surface area contributed by atoms with Gasteiger partial charge in [-0.15, -0.1) is 0 Å². The first kappa shape index (κ1) is 19.9. The van der Waals surface area contributed by atoms with E-state index in [1.54, 1.807) is 4.90 Å². The van der Waals surface area contributed by atoms with E-state index in [-0.39, 0.29) is 16.7 Å². The average Bonchev–Trinajstić information content (AvgIpc) is 2.47. The lowest BCUT2D eigenvalue weighted by molar-refractivity contribution is -0.137. The summed E-state index contributed by atoms with van der Waals surface area (Å²) in [4.78, 5) is 13.6. The third kappa shape index (κ3) is 5.80. The minimum Gasteiger partial charge on any atom is -0.489 e. The molecular formula is C17H21BrF3NO3. The molecule has 8 heteroatoms. The van der Waals surface area contributed by atoms with Crippen LogP contribution in [-0.4, -0.2) is 35.8 Å². The molecule has 1 aromatic carbocycles. The zero-order valence-corrected chi connectivity index (χ0v) is 15.9. The van der Waals surface area contributed by atoms with Gasteiger partial charge in [0.25, 0.3) is 0 Å². The summed E-state index contributed by atoms with van der Waals surface area (Å²) in [6.45, 7) is 6.39. The van der Waals surface area contributed by atoms with E-state index in [0.717, 1.165) is 12.1 Å². The van der Waals surface area contributed by atoms with E-state index in [4.69, 9.17) is 9.47 Å². The molecule has 1 heterocycles. The molecule has 1 aromatic rings. The summed E-state index contributed by atoms with van der Waals surface area (Å²) in [5.74, 6) is 0.365. The van der Waals surface area contributed by atoms with E-state index in [2.05, 4.69) is 15.9 Å². The van der Waals surface area contributed by atoms with Crippen LogP contribution in [0.2, 0.25) is 0 Å². The molecule has 0 unspecified atom stereocenters. The third-order valence-corrected chi connectivity index (χ3v) is 4.27. The number of alkyl halides is 3. The predicted octanol–water partition coefficient (Wildman–Crippen LogP) is 5.25. The van der Waals surface area contributed by atoms with E-state index < -0.39 is 17.3 Å². The van der Waals surface area contributed by atoms with E-state index in [9.17, 15) is 18.0 Å². The molecule has 1 fully saturated rings. The van der Waals surface area contributed by atoms with Crippen LogP contribution in [0.15, 0.2) is 22.7 Å². The Kier molecular flexibility index (Phi) is 5.91. The Morgan fingerprint density at radius 1 is 1.20 bits per heavy atom. The third-order valence-electron chi connectivity index (χ3n) is 3.65. The summed E-state index contributed by atoms with van der Waals surface area (Å²) >= 11 is 3.12. The molecule has 0 bridgehead atoms. The number of carbonyl (C=O) groups excluding carboxylic acids is 1. The summed E-state index contributed by atoms with van der Waals surface area (Å²) in [7, 11) is 0. The number of halogens is 4. The highest BCUT2D eigenvalue weighted by Gasteiger charge is 2.32. The zero-order valence-electron chi connectivity index (χ0n) is 14.3. The Bertz CT molecular complexity index is 621. The van der Waals surface area contributed by atoms with Crippen molar-refractivity contribution in [3.63, 3.8) is 0 Å². The lowest BCUT2D eigenvalue weighted by atomic mass is 10.1. The number of hydrogen-bond acceptors (Lipinski definition) is 3. The number of hydrogen-bond donors (Lipinski definition) is 0. The highest BCUT2D eigenvalue weighted by Crippen LogP contribution is 2.35. The largest absolute Gasteiger partial charge is 0.489 e. The normalized spacial score (nSPS) is 16.7. The maximum absolute atomic E-state index is 12.7. The molecule has 1 amide bonds. The summed E-state index contributed by atoms with van der Waals surface area (Å²) in [6.07, 6.45) is -3.73. The molecule has 1 aliphatic heterocycles. The fourth-order valence-corrected chi connectivity index (χ4v) is 2.91. The Morgan fingerprint density at radius 2 is 1.80 bits per heavy atom. The van der Waals surface area contributed by atoms with Gasteiger partial charge >= 0.3 is 12.3 Å². The first-order valence-corrected chi connectivity index (χ1v) is 8.76. The van der Waals surface area contributed by atoms with Gasteiger partial charge in [-0.3, -0.25) is 0 Å². The van der Waals surface area contributed by atoms with Crippen LogP contribution in [0.5, 0.6) is 5.75 Å². The number of piperidine rings is 1. The highest BCUT2D eigenvalue weighted by atomic mass is 79.9. The molecule has 2 rings (SSSR count). The molecule has 1 saturated heterocycles. The van der Waals surface area contributed by atoms with Gasteiger partial charge < -0.3 is 14.4 Å². The van der Waals surface area contributed by atoms with E-state index in [1.165, 1.54) is 6.07 Å². The maximum Gasteiger partial charge on any atom is 0.416 e. The number of likely N-dealkylation sites (tertiary alicyclic amines) is 1. The van der Waals surface area contributed by atoms with Gasteiger partial charge in [0.1, 0.15) is 17.5 Å². The van der Waals surface area contributed by atoms with Crippen LogP contribution >= 0.6 is 15.9 Å². The van der Waals surface area contributed by atoms with Gasteiger partial charge in [0, 0.05) is 25.9 Å². The molecule has 0 radical (unpaired) electrons. The van der Waals surface area contributed by atoms with Gasteiger partial charge in [-0.1, -0.05) is 0 Å². The monoisotopic (exact) mass is 423 g/mol. The van der Waals surface area contributed by atoms with Gasteiger partial charge in [-0.05, 0) is 54.9 Å². The molecule has 140 valence electrons. The second-order valence-corrected chi connectivity index (χ2v) is 7.78. The lowest BCUT2D eigenvalue weighted by Gasteiger charge is -2.33. The molecule has 0 atom stereocenters. The van der Waals surface area contributed by atoms with Crippen molar-refractivity contribution in [2.24, 2.45) is 0 Å². The number of benzene rings is 1. The van der Waals surface area contributed by atoms with Crippen molar-refractivity contribution in [1.82, 2.24) is 4.90 Å². The quantitative estimate of drug-likeness (QED) is 0.652. The minimum atomic E-state index is -4.39. The molecule has 4 nitrogen and oxygen atoms in total. The number of amides is 1.